The van der Waals surface area contributed by atoms with Gasteiger partial charge in [0.05, 0.1) is 19.8 Å². The van der Waals surface area contributed by atoms with E-state index in [1.54, 1.807) is 0 Å². The van der Waals surface area contributed by atoms with Crippen molar-refractivity contribution in [3.63, 3.8) is 0 Å². The first-order chi connectivity index (χ1) is 19.9. The highest BCUT2D eigenvalue weighted by Crippen LogP contribution is 2.40. The molecule has 0 spiro atoms. The lowest BCUT2D eigenvalue weighted by molar-refractivity contribution is -0.319. The van der Waals surface area contributed by atoms with Crippen molar-refractivity contribution in [3.8, 4) is 40.1 Å². The minimum Gasteiger partial charge on any atom is -0.508 e. The quantitative estimate of drug-likeness (QED) is 0.131. The van der Waals surface area contributed by atoms with E-state index in [2.05, 4.69) is 0 Å². The van der Waals surface area contributed by atoms with E-state index in [1.807, 2.05) is 0 Å². The van der Waals surface area contributed by atoms with Crippen LogP contribution in [0.15, 0.2) is 39.5 Å². The van der Waals surface area contributed by atoms with Gasteiger partial charge < -0.3 is 74.4 Å². The number of hydrogen-bond acceptors (Lipinski definition) is 16. The summed E-state index contributed by atoms with van der Waals surface area (Å²) in [6.45, 7) is -2.31. The molecule has 42 heavy (non-hydrogen) atoms. The number of aliphatic hydroxyl groups excluding tert-OH is 5. The topological polar surface area (TPSA) is 269 Å². The predicted molar refractivity (Wildman–Crippen MR) is 136 cm³/mol. The van der Waals surface area contributed by atoms with Gasteiger partial charge in [-0.05, 0) is 18.2 Å². The zero-order valence-electron chi connectivity index (χ0n) is 21.5. The number of hydrogen-bond donors (Lipinski definition) is 10. The second-order valence-corrected chi connectivity index (χ2v) is 9.94. The van der Waals surface area contributed by atoms with Gasteiger partial charge in [-0.1, -0.05) is 0 Å². The number of aromatic hydroxyl groups is 4. The molecule has 3 aromatic rings. The summed E-state index contributed by atoms with van der Waals surface area (Å²) in [6, 6.07) is 5.21. The summed E-state index contributed by atoms with van der Waals surface area (Å²) >= 11 is 0. The molecular weight excluding hydrogens is 568 g/mol. The molecule has 2 saturated heterocycles. The number of ether oxygens (including phenoxy) is 4. The van der Waals surface area contributed by atoms with E-state index in [4.69, 9.17) is 23.4 Å². The molecule has 3 heterocycles. The number of rotatable bonds is 7. The summed E-state index contributed by atoms with van der Waals surface area (Å²) in [5, 5.41) is 101. The fourth-order valence-electron chi connectivity index (χ4n) is 4.71. The van der Waals surface area contributed by atoms with E-state index in [0.29, 0.717) is 0 Å². The molecule has 8 atom stereocenters. The molecular formula is C26H28O16. The summed E-state index contributed by atoms with van der Waals surface area (Å²) in [5.74, 6) is -3.39. The molecule has 16 heteroatoms. The lowest BCUT2D eigenvalue weighted by Gasteiger charge is -2.42. The van der Waals surface area contributed by atoms with Crippen molar-refractivity contribution in [2.75, 3.05) is 19.8 Å². The van der Waals surface area contributed by atoms with Gasteiger partial charge in [0.15, 0.2) is 29.7 Å². The molecule has 16 nitrogen and oxygen atoms in total. The van der Waals surface area contributed by atoms with Crippen LogP contribution < -0.4 is 10.2 Å². The smallest absolute Gasteiger partial charge is 0.239 e. The second-order valence-electron chi connectivity index (χ2n) is 9.94. The van der Waals surface area contributed by atoms with E-state index < -0.39 is 114 Å². The number of fused-ring (bicyclic) bond motifs is 1. The van der Waals surface area contributed by atoms with Gasteiger partial charge in [-0.15, -0.1) is 0 Å². The Morgan fingerprint density at radius 3 is 2.31 bits per heavy atom. The van der Waals surface area contributed by atoms with Crippen LogP contribution in [-0.4, -0.2) is 120 Å². The van der Waals surface area contributed by atoms with Gasteiger partial charge in [0.1, 0.15) is 52.5 Å². The van der Waals surface area contributed by atoms with Crippen molar-refractivity contribution in [1.29, 1.82) is 0 Å². The van der Waals surface area contributed by atoms with Crippen LogP contribution in [0.25, 0.3) is 22.3 Å². The summed E-state index contributed by atoms with van der Waals surface area (Å²) < 4.78 is 28.0. The number of phenolic OH excluding ortho intramolecular Hbond substituents is 4. The number of phenols is 4. The maximum absolute atomic E-state index is 13.7. The van der Waals surface area contributed by atoms with Gasteiger partial charge in [0.2, 0.25) is 17.5 Å². The van der Waals surface area contributed by atoms with Crippen LogP contribution in [0.1, 0.15) is 0 Å². The summed E-state index contributed by atoms with van der Waals surface area (Å²) in [6.07, 6.45) is -12.3. The number of benzene rings is 2. The Morgan fingerprint density at radius 2 is 1.67 bits per heavy atom. The fraction of sp³-hybridized carbons (Fsp3) is 0.423. The second kappa shape index (κ2) is 11.2. The normalized spacial score (nSPS) is 31.4. The molecule has 0 aliphatic carbocycles. The molecule has 0 saturated carbocycles. The van der Waals surface area contributed by atoms with E-state index in [-0.39, 0.29) is 11.1 Å². The molecule has 2 aliphatic rings. The van der Waals surface area contributed by atoms with Crippen molar-refractivity contribution < 1.29 is 74.4 Å². The molecule has 5 rings (SSSR count). The first-order valence-corrected chi connectivity index (χ1v) is 12.5. The molecule has 2 fully saturated rings. The van der Waals surface area contributed by atoms with Gasteiger partial charge >= 0.3 is 0 Å². The van der Waals surface area contributed by atoms with Crippen molar-refractivity contribution in [3.05, 3.63) is 40.6 Å². The molecule has 0 radical (unpaired) electrons. The Hall–Kier alpha value is -3.71. The van der Waals surface area contributed by atoms with Crippen LogP contribution >= 0.6 is 0 Å². The van der Waals surface area contributed by atoms with E-state index >= 15 is 0 Å². The SMILES string of the molecule is O=c1c(O[C@H]2O[C@@H](CO)[C@@H](O)[C@@H](O)[C@@H]2O[C@@H]2OC[C@](O)(CO)[C@H]2O)c(-c2ccc(O)c(O)c2)oc2cc(O)cc(O)c12. The first kappa shape index (κ1) is 29.8. The predicted octanol–water partition coefficient (Wildman–Crippen LogP) is -2.07. The third kappa shape index (κ3) is 5.08. The Labute approximate surface area is 235 Å². The monoisotopic (exact) mass is 596 g/mol. The van der Waals surface area contributed by atoms with Crippen LogP contribution in [-0.2, 0) is 14.2 Å². The fourth-order valence-corrected chi connectivity index (χ4v) is 4.71. The Kier molecular flexibility index (Phi) is 7.92. The molecule has 0 amide bonds. The van der Waals surface area contributed by atoms with Crippen molar-refractivity contribution in [2.45, 2.75) is 48.7 Å². The zero-order valence-corrected chi connectivity index (χ0v) is 21.5. The Bertz CT molecular complexity index is 1520. The highest BCUT2D eigenvalue weighted by atomic mass is 16.8. The van der Waals surface area contributed by atoms with Crippen molar-refractivity contribution in [2.24, 2.45) is 0 Å². The minimum atomic E-state index is -2.12. The lowest BCUT2D eigenvalue weighted by atomic mass is 9.98. The molecule has 0 unspecified atom stereocenters. The zero-order chi connectivity index (χ0) is 30.5. The van der Waals surface area contributed by atoms with Crippen molar-refractivity contribution >= 4 is 11.0 Å². The van der Waals surface area contributed by atoms with E-state index in [0.717, 1.165) is 24.3 Å². The molecule has 0 bridgehead atoms. The summed E-state index contributed by atoms with van der Waals surface area (Å²) in [5.41, 5.74) is -3.51. The van der Waals surface area contributed by atoms with Gasteiger partial charge in [0, 0.05) is 17.7 Å². The van der Waals surface area contributed by atoms with Crippen molar-refractivity contribution in [1.82, 2.24) is 0 Å². The largest absolute Gasteiger partial charge is 0.508 e. The maximum atomic E-state index is 13.7. The standard InChI is InChI=1S/C26H28O16/c27-6-15-17(33)19(35)22(42-25-23(36)26(37,7-28)8-38-25)24(40-15)41-21-18(34)16-13(32)4-10(29)5-14(16)39-20(21)9-1-2-11(30)12(31)3-9/h1-5,15,17,19,22-25,27-33,35-37H,6-8H2/t15-,17+,19+,22-,23-,24+,25-,26+/m0/s1. The average Bonchev–Trinajstić information content (AvgIpc) is 3.23. The molecule has 2 aliphatic heterocycles. The highest BCUT2D eigenvalue weighted by molar-refractivity contribution is 5.88. The molecule has 2 aromatic carbocycles. The van der Waals surface area contributed by atoms with Crippen LogP contribution in [0.3, 0.4) is 0 Å². The highest BCUT2D eigenvalue weighted by Gasteiger charge is 2.53. The van der Waals surface area contributed by atoms with E-state index in [1.165, 1.54) is 6.07 Å². The first-order valence-electron chi connectivity index (χ1n) is 12.5. The van der Waals surface area contributed by atoms with Crippen LogP contribution in [0.4, 0.5) is 0 Å². The third-order valence-electron chi connectivity index (χ3n) is 7.08. The Morgan fingerprint density at radius 1 is 0.929 bits per heavy atom. The summed E-state index contributed by atoms with van der Waals surface area (Å²) in [7, 11) is 0. The molecule has 228 valence electrons. The number of aliphatic hydroxyl groups is 6. The average molecular weight is 596 g/mol. The van der Waals surface area contributed by atoms with Gasteiger partial charge in [-0.3, -0.25) is 4.79 Å². The molecule has 10 N–H and O–H groups in total. The van der Waals surface area contributed by atoms with Gasteiger partial charge in [-0.2, -0.15) is 0 Å². The third-order valence-corrected chi connectivity index (χ3v) is 7.08. The summed E-state index contributed by atoms with van der Waals surface area (Å²) in [4.78, 5) is 13.7. The minimum absolute atomic E-state index is 0.0442. The van der Waals surface area contributed by atoms with Crippen LogP contribution in [0, 0.1) is 0 Å². The maximum Gasteiger partial charge on any atom is 0.239 e. The van der Waals surface area contributed by atoms with Gasteiger partial charge in [0.25, 0.3) is 0 Å². The van der Waals surface area contributed by atoms with Crippen LogP contribution in [0.2, 0.25) is 0 Å². The molecule has 1 aromatic heterocycles. The lowest BCUT2D eigenvalue weighted by Crippen LogP contribution is -2.62. The van der Waals surface area contributed by atoms with E-state index in [9.17, 15) is 55.9 Å². The van der Waals surface area contributed by atoms with Gasteiger partial charge in [-0.25, -0.2) is 0 Å². The Balaban J connectivity index is 1.62. The van der Waals surface area contributed by atoms with Crippen LogP contribution in [0.5, 0.6) is 28.7 Å².